The number of aliphatic carboxylic acids is 4. The zero-order valence-corrected chi connectivity index (χ0v) is 82.7. The van der Waals surface area contributed by atoms with Crippen molar-refractivity contribution < 1.29 is 136 Å². The van der Waals surface area contributed by atoms with Gasteiger partial charge in [0.1, 0.15) is 78.3 Å². The molecule has 3 fully saturated rings. The van der Waals surface area contributed by atoms with Crippen LogP contribution in [0.1, 0.15) is 122 Å². The number of thioether (sulfide) groups is 3. The van der Waals surface area contributed by atoms with Crippen molar-refractivity contribution in [1.82, 2.24) is 89.1 Å². The molecule has 3 heterocycles. The minimum Gasteiger partial charge on any atom is -0.508 e. The molecule has 4 bridgehead atoms. The minimum absolute atomic E-state index is 0.0676. The van der Waals surface area contributed by atoms with Gasteiger partial charge in [-0.3, -0.25) is 116 Å². The van der Waals surface area contributed by atoms with Gasteiger partial charge in [0, 0.05) is 125 Å². The monoisotopic (exact) mass is 2070 g/mol. The van der Waals surface area contributed by atoms with Gasteiger partial charge in [0.05, 0.1) is 43.9 Å². The molecule has 4 aromatic rings. The minimum atomic E-state index is -2.24. The third kappa shape index (κ3) is 39.0. The van der Waals surface area contributed by atoms with Crippen molar-refractivity contribution in [1.29, 1.82) is 0 Å². The average molecular weight is 2070 g/mol. The molecule has 0 aromatic heterocycles. The molecule has 0 spiro atoms. The van der Waals surface area contributed by atoms with Crippen LogP contribution >= 0.6 is 35.3 Å². The molecule has 4 aromatic carbocycles. The number of benzene rings is 4. The van der Waals surface area contributed by atoms with Crippen LogP contribution in [0.25, 0.3) is 10.8 Å². The molecule has 0 radical (unpaired) electrons. The first-order valence-electron chi connectivity index (χ1n) is 46.3. The van der Waals surface area contributed by atoms with Gasteiger partial charge in [-0.15, -0.1) is 0 Å². The maximum atomic E-state index is 15.2. The van der Waals surface area contributed by atoms with Crippen LogP contribution in [0.5, 0.6) is 5.75 Å². The summed E-state index contributed by atoms with van der Waals surface area (Å²) in [6, 6.07) is -2.01. The Kier molecular flexibility index (Phi) is 46.5. The number of aromatic hydroxyl groups is 1. The zero-order valence-electron chi connectivity index (χ0n) is 80.2. The van der Waals surface area contributed by atoms with Gasteiger partial charge in [0.25, 0.3) is 0 Å². The lowest BCUT2D eigenvalue weighted by atomic mass is 9.85. The van der Waals surface area contributed by atoms with Crippen LogP contribution in [0, 0.1) is 5.41 Å². The molecule has 0 aliphatic carbocycles. The first kappa shape index (κ1) is 117. The highest BCUT2D eigenvalue weighted by Crippen LogP contribution is 2.25. The van der Waals surface area contributed by atoms with Gasteiger partial charge in [-0.05, 0) is 78.6 Å². The van der Waals surface area contributed by atoms with Crippen LogP contribution in [-0.2, 0) is 130 Å². The van der Waals surface area contributed by atoms with Crippen LogP contribution in [0.4, 0.5) is 0 Å². The number of nitrogens with two attached hydrogens (primary N) is 3. The number of phenols is 1. The van der Waals surface area contributed by atoms with Crippen LogP contribution in [0.15, 0.2) is 97.1 Å². The van der Waals surface area contributed by atoms with Crippen LogP contribution in [0.3, 0.4) is 0 Å². The lowest BCUT2D eigenvalue weighted by Gasteiger charge is -2.33. The molecule has 0 unspecified atom stereocenters. The molecule has 7 rings (SSSR count). The number of nitrogens with one attached hydrogen (secondary N) is 14. The second kappa shape index (κ2) is 57.3. The SMILES string of the molecule is C[C@H](N)C(=O)N[C@H]1CSCCC(=O)N2CCN3CCN(CC2)C(=O)CCSC[C@H](NCC(=O)[C@@H](C)NC(=O)[C@H](Cc2cccc4ccccc24)NC(=O)[C@H](CCC(=O)O)NC(=O)[C@H](CC(N)=O)NC(=O)[C@@H](C)NC1=O)C(=O)N[C@@H](CCC(=O)O)C(=O)N[C@@H](CC(=O)O)C(=O)N[C@@H](Cc1ccccc1)C(=O)N[C@@H](Cc1ccc(O)cc1)C(=O)N[C@@H](CC(=O)O)C(=O)N[C@@H](C(C)(C)C)C(=O)N[C@H](C(N)=O)CSCCC3=O. The number of primary amides is 2. The standard InChI is InChI=1S/C93H126N20O28S3/c1-49(94)80(129)109-68-48-144-38-29-73(119)113-34-31-111-30-32-112(33-35-113)72(118)28-37-143-47-67(97-45-69(115)50(2)98-84(133)62(41-55-17-12-16-54-15-10-11-18-57(54)55)105-82(131)58(23-25-74(120)121)100-87(136)63(42-70(95)116)102-81(130)51(3)99-91(68)140)90(139)101-59(24-26-75(122)123)83(132)106-64(43-76(124)125)88(137)104-60(39-52-13-8-7-9-14-52)85(134)103-61(40-53-19-21-56(114)22-20-53)86(135)107-65(44-77(126)127)89(138)110-78(93(4,5)6)92(141)108-66(79(96)128)46-142-36-27-71(111)117/h7-22,49-51,58-68,78,97,114H,23-48,94H2,1-6H3,(H2,95,116)(H2,96,128)(H,98,133)(H,99,140)(H,100,136)(H,101,139)(H,102,130)(H,103,134)(H,104,137)(H,105,131)(H,106,132)(H,107,135)(H,108,141)(H,109,129)(H,110,138)(H,120,121)(H,122,123)(H,124,125)(H,126,127)/t49-,50+,51+,58-,59-,60-,61-,62-,63-,64-,65-,66-,67-,68-,78+/m0/s1. The Morgan fingerprint density at radius 1 is 0.424 bits per heavy atom. The van der Waals surface area contributed by atoms with E-state index in [-0.39, 0.29) is 98.6 Å². The first-order chi connectivity index (χ1) is 68.0. The molecule has 48 nitrogen and oxygen atoms in total. The van der Waals surface area contributed by atoms with E-state index in [0.717, 1.165) is 42.2 Å². The van der Waals surface area contributed by atoms with Crippen LogP contribution in [0.2, 0.25) is 0 Å². The van der Waals surface area contributed by atoms with Gasteiger partial charge >= 0.3 is 23.9 Å². The van der Waals surface area contributed by atoms with Crippen molar-refractivity contribution in [3.05, 3.63) is 114 Å². The number of Topliss-reactive ketones (excluding diaryl/α,β-unsaturated/α-hetero) is 1. The molecule has 3 aliphatic heterocycles. The van der Waals surface area contributed by atoms with Crippen molar-refractivity contribution >= 4 is 182 Å². The number of hydrogen-bond acceptors (Lipinski definition) is 29. The van der Waals surface area contributed by atoms with E-state index in [4.69, 9.17) is 17.2 Å². The van der Waals surface area contributed by atoms with Gasteiger partial charge < -0.3 is 127 Å². The van der Waals surface area contributed by atoms with E-state index in [1.165, 1.54) is 97.8 Å². The topological polar surface area (TPSA) is 750 Å². The average Bonchev–Trinajstić information content (AvgIpc) is 0.854. The summed E-state index contributed by atoms with van der Waals surface area (Å²) >= 11 is 2.85. The van der Waals surface area contributed by atoms with Crippen molar-refractivity contribution in [2.75, 3.05) is 80.3 Å². The van der Waals surface area contributed by atoms with E-state index < -0.39 is 309 Å². The quantitative estimate of drug-likeness (QED) is 0.0371. The summed E-state index contributed by atoms with van der Waals surface area (Å²) in [5, 5.41) is 86.5. The van der Waals surface area contributed by atoms with Gasteiger partial charge in [-0.25, -0.2) is 0 Å². The Labute approximate surface area is 840 Å². The van der Waals surface area contributed by atoms with E-state index in [1.807, 2.05) is 0 Å². The van der Waals surface area contributed by atoms with E-state index in [0.29, 0.717) is 21.9 Å². The number of nitrogens with zero attached hydrogens (tertiary/aromatic N) is 3. The fraction of sp³-hybridized carbons (Fsp3) is 0.516. The van der Waals surface area contributed by atoms with Gasteiger partial charge in [-0.1, -0.05) is 106 Å². The number of amides is 18. The van der Waals surface area contributed by atoms with Crippen LogP contribution < -0.4 is 91.6 Å². The van der Waals surface area contributed by atoms with E-state index >= 15 is 14.4 Å². The fourth-order valence-electron chi connectivity index (χ4n) is 15.1. The van der Waals surface area contributed by atoms with E-state index in [9.17, 15) is 121 Å². The lowest BCUT2D eigenvalue weighted by Crippen LogP contribution is -2.62. The Morgan fingerprint density at radius 2 is 0.826 bits per heavy atom. The van der Waals surface area contributed by atoms with E-state index in [2.05, 4.69) is 74.4 Å². The summed E-state index contributed by atoms with van der Waals surface area (Å²) in [4.78, 5) is 329. The summed E-state index contributed by atoms with van der Waals surface area (Å²) in [6.07, 6.45) is -9.08. The zero-order chi connectivity index (χ0) is 106. The molecule has 25 N–H and O–H groups in total. The Morgan fingerprint density at radius 3 is 1.31 bits per heavy atom. The highest BCUT2D eigenvalue weighted by atomic mass is 32.2. The highest BCUT2D eigenvalue weighted by molar-refractivity contribution is 7.99. The molecular weight excluding hydrogens is 1940 g/mol. The third-order valence-corrected chi connectivity index (χ3v) is 26.4. The summed E-state index contributed by atoms with van der Waals surface area (Å²) in [6.45, 7) is 6.32. The van der Waals surface area contributed by atoms with Gasteiger partial charge in [0.15, 0.2) is 5.78 Å². The summed E-state index contributed by atoms with van der Waals surface area (Å²) in [7, 11) is 0. The fourth-order valence-corrected chi connectivity index (χ4v) is 18.0. The number of rotatable bonds is 21. The van der Waals surface area contributed by atoms with Crippen molar-refractivity contribution in [3.8, 4) is 5.75 Å². The molecule has 18 amide bonds. The maximum absolute atomic E-state index is 15.2. The third-order valence-electron chi connectivity index (χ3n) is 23.2. The second-order valence-corrected chi connectivity index (χ2v) is 39.2. The van der Waals surface area contributed by atoms with Crippen LogP contribution in [-0.4, -0.2) is 347 Å². The van der Waals surface area contributed by atoms with Crippen molar-refractivity contribution in [3.63, 3.8) is 0 Å². The number of carboxylic acid groups (broad SMARTS) is 4. The highest BCUT2D eigenvalue weighted by Gasteiger charge is 2.42. The maximum Gasteiger partial charge on any atom is 0.305 e. The number of phenolic OH excluding ortho intramolecular Hbond substituents is 1. The predicted molar refractivity (Wildman–Crippen MR) is 523 cm³/mol. The van der Waals surface area contributed by atoms with E-state index in [1.54, 1.807) is 48.5 Å². The van der Waals surface area contributed by atoms with Crippen molar-refractivity contribution in [2.24, 2.45) is 22.6 Å². The molecule has 0 saturated carbocycles. The first-order valence-corrected chi connectivity index (χ1v) is 49.8. The predicted octanol–water partition coefficient (Wildman–Crippen LogP) is -5.23. The van der Waals surface area contributed by atoms with Crippen molar-refractivity contribution in [2.45, 2.75) is 216 Å². The molecule has 51 heteroatoms. The number of carbonyl (C=O) groups excluding carboxylic acids is 19. The molecule has 144 heavy (non-hydrogen) atoms. The molecule has 3 saturated heterocycles. The Bertz CT molecular complexity index is 5320. The number of carboxylic acids is 4. The number of carbonyl (C=O) groups is 23. The molecular formula is C93H126N20O28S3. The second-order valence-electron chi connectivity index (χ2n) is 35.7. The summed E-state index contributed by atoms with van der Waals surface area (Å²) in [5.74, 6) is -28.5. The van der Waals surface area contributed by atoms with Gasteiger partial charge in [0.2, 0.25) is 106 Å². The Hall–Kier alpha value is -14.1. The molecule has 784 valence electrons. The number of hydrogen-bond donors (Lipinski definition) is 22. The summed E-state index contributed by atoms with van der Waals surface area (Å²) < 4.78 is 0. The Balaban J connectivity index is 1.35. The smallest absolute Gasteiger partial charge is 0.305 e. The summed E-state index contributed by atoms with van der Waals surface area (Å²) in [5.41, 5.74) is 17.0. The molecule has 3 aliphatic rings. The number of ketones is 1. The normalized spacial score (nSPS) is 24.6. The lowest BCUT2D eigenvalue weighted by molar-refractivity contribution is -0.142. The largest absolute Gasteiger partial charge is 0.508 e. The molecule has 15 atom stereocenters. The van der Waals surface area contributed by atoms with Gasteiger partial charge in [-0.2, -0.15) is 35.3 Å². The number of fused-ring (bicyclic) bond motifs is 10.